The van der Waals surface area contributed by atoms with Gasteiger partial charge < -0.3 is 43.6 Å². The van der Waals surface area contributed by atoms with Crippen LogP contribution in [0.5, 0.6) is 17.2 Å². The maximum absolute atomic E-state index is 13.9. The third-order valence-electron chi connectivity index (χ3n) is 10.2. The van der Waals surface area contributed by atoms with E-state index in [-0.39, 0.29) is 54.7 Å². The third kappa shape index (κ3) is 9.94. The SMILES string of the molecule is CC(C)CN(C[C@@H](O)[C@H](Cc1ccc(OCCCC(C)(C)[Si](C)(C)O)cc1)NC(=O)O[C@H]1CO[C@H]2OCC[C@H]21)S(=O)(=O)c1ccc2c(c1)OCO2. The molecule has 15 heteroatoms. The van der Waals surface area contributed by atoms with Gasteiger partial charge in [0, 0.05) is 19.2 Å². The summed E-state index contributed by atoms with van der Waals surface area (Å²) in [4.78, 5) is 23.9. The summed E-state index contributed by atoms with van der Waals surface area (Å²) < 4.78 is 62.8. The number of alkyl carbamates (subject to hydrolysis) is 1. The smallest absolute Gasteiger partial charge is 0.407 e. The number of fused-ring (bicyclic) bond motifs is 2. The third-order valence-corrected chi connectivity index (χ3v) is 15.6. The topological polar surface area (TPSA) is 162 Å². The molecule has 51 heavy (non-hydrogen) atoms. The summed E-state index contributed by atoms with van der Waals surface area (Å²) in [5.74, 6) is 1.35. The van der Waals surface area contributed by atoms with Gasteiger partial charge in [-0.3, -0.25) is 0 Å². The Labute approximate surface area is 302 Å². The van der Waals surface area contributed by atoms with Gasteiger partial charge in [-0.15, -0.1) is 0 Å². The molecular formula is C36H54N2O11SSi. The van der Waals surface area contributed by atoms with E-state index in [4.69, 9.17) is 28.4 Å². The first-order valence-corrected chi connectivity index (χ1v) is 22.1. The van der Waals surface area contributed by atoms with Crippen LogP contribution < -0.4 is 19.5 Å². The van der Waals surface area contributed by atoms with Crippen LogP contribution in [-0.4, -0.2) is 101 Å². The lowest BCUT2D eigenvalue weighted by Gasteiger charge is -2.35. The summed E-state index contributed by atoms with van der Waals surface area (Å²) in [6.45, 7) is 13.0. The highest BCUT2D eigenvalue weighted by Gasteiger charge is 2.44. The lowest BCUT2D eigenvalue weighted by atomic mass is 10.0. The van der Waals surface area contributed by atoms with Crippen LogP contribution >= 0.6 is 0 Å². The molecule has 0 aliphatic carbocycles. The molecule has 2 aromatic carbocycles. The van der Waals surface area contributed by atoms with Crippen LogP contribution in [0.25, 0.3) is 0 Å². The minimum atomic E-state index is -4.08. The number of rotatable bonds is 17. The Balaban J connectivity index is 1.28. The molecule has 2 fully saturated rings. The fraction of sp³-hybridized carbons (Fsp3) is 0.639. The number of carbonyl (C=O) groups excluding carboxylic acids is 1. The van der Waals surface area contributed by atoms with E-state index in [0.29, 0.717) is 36.9 Å². The lowest BCUT2D eigenvalue weighted by Crippen LogP contribution is -2.51. The van der Waals surface area contributed by atoms with Crippen molar-refractivity contribution in [1.29, 1.82) is 0 Å². The van der Waals surface area contributed by atoms with E-state index in [0.717, 1.165) is 18.4 Å². The van der Waals surface area contributed by atoms with Crippen LogP contribution in [0.1, 0.15) is 52.5 Å². The molecule has 284 valence electrons. The van der Waals surface area contributed by atoms with Crippen molar-refractivity contribution in [1.82, 2.24) is 9.62 Å². The molecule has 0 saturated carbocycles. The average molecular weight is 751 g/mol. The van der Waals surface area contributed by atoms with E-state index < -0.39 is 49.0 Å². The van der Waals surface area contributed by atoms with Gasteiger partial charge in [-0.05, 0) is 79.6 Å². The molecule has 2 aromatic rings. The van der Waals surface area contributed by atoms with Gasteiger partial charge in [0.1, 0.15) is 11.9 Å². The Morgan fingerprint density at radius 2 is 1.80 bits per heavy atom. The van der Waals surface area contributed by atoms with Crippen molar-refractivity contribution in [3.05, 3.63) is 48.0 Å². The Bertz CT molecular complexity index is 1580. The van der Waals surface area contributed by atoms with E-state index in [1.807, 2.05) is 51.2 Å². The molecule has 3 aliphatic heterocycles. The van der Waals surface area contributed by atoms with Crippen LogP contribution in [0.3, 0.4) is 0 Å². The van der Waals surface area contributed by atoms with E-state index in [1.54, 1.807) is 6.07 Å². The number of carbonyl (C=O) groups is 1. The highest BCUT2D eigenvalue weighted by Crippen LogP contribution is 2.40. The van der Waals surface area contributed by atoms with Crippen molar-refractivity contribution in [3.8, 4) is 17.2 Å². The second-order valence-electron chi connectivity index (χ2n) is 15.3. The molecule has 0 spiro atoms. The number of benzene rings is 2. The fourth-order valence-electron chi connectivity index (χ4n) is 6.34. The largest absolute Gasteiger partial charge is 0.494 e. The minimum Gasteiger partial charge on any atom is -0.494 e. The van der Waals surface area contributed by atoms with E-state index in [2.05, 4.69) is 19.2 Å². The Hall–Kier alpha value is -2.92. The zero-order valence-corrected chi connectivity index (χ0v) is 32.3. The molecule has 0 bridgehead atoms. The van der Waals surface area contributed by atoms with Gasteiger partial charge in [-0.2, -0.15) is 4.31 Å². The van der Waals surface area contributed by atoms with Gasteiger partial charge in [0.25, 0.3) is 0 Å². The monoisotopic (exact) mass is 750 g/mol. The van der Waals surface area contributed by atoms with Crippen LogP contribution in [-0.2, 0) is 30.7 Å². The van der Waals surface area contributed by atoms with E-state index in [1.165, 1.54) is 16.4 Å². The molecule has 3 aliphatic rings. The van der Waals surface area contributed by atoms with Crippen molar-refractivity contribution < 1.29 is 51.5 Å². The van der Waals surface area contributed by atoms with Crippen molar-refractivity contribution in [3.63, 3.8) is 0 Å². The molecule has 1 amide bonds. The molecule has 0 unspecified atom stereocenters. The summed E-state index contributed by atoms with van der Waals surface area (Å²) in [5.41, 5.74) is 0.795. The summed E-state index contributed by atoms with van der Waals surface area (Å²) >= 11 is 0. The predicted molar refractivity (Wildman–Crippen MR) is 192 cm³/mol. The second kappa shape index (κ2) is 16.4. The van der Waals surface area contributed by atoms with E-state index >= 15 is 0 Å². The molecule has 2 saturated heterocycles. The highest BCUT2D eigenvalue weighted by atomic mass is 32.2. The normalized spacial score (nSPS) is 21.5. The van der Waals surface area contributed by atoms with Crippen molar-refractivity contribution in [2.24, 2.45) is 11.8 Å². The van der Waals surface area contributed by atoms with Crippen LogP contribution in [0, 0.1) is 11.8 Å². The standard InChI is InChI=1S/C36H54N2O11SSi/c1-24(2)20-38(50(41,42)27-12-13-31-32(19-27)48-23-47-31)21-30(39)29(37-35(40)49-33-22-46-34-28(33)14-17-45-34)18-25-8-10-26(11-9-25)44-16-7-15-36(3,4)51(5,6)43/h8-13,19,24,28-30,33-34,39,43H,7,14-18,20-23H2,1-6H3,(H,37,40)/t28-,29-,30+,33-,34+/m0/s1. The highest BCUT2D eigenvalue weighted by molar-refractivity contribution is 7.89. The van der Waals surface area contributed by atoms with Gasteiger partial charge in [0.2, 0.25) is 16.8 Å². The van der Waals surface area contributed by atoms with Crippen molar-refractivity contribution in [2.75, 3.05) is 39.7 Å². The maximum Gasteiger partial charge on any atom is 0.407 e. The Morgan fingerprint density at radius 1 is 1.08 bits per heavy atom. The number of hydrogen-bond acceptors (Lipinski definition) is 11. The second-order valence-corrected chi connectivity index (χ2v) is 21.7. The summed E-state index contributed by atoms with van der Waals surface area (Å²) in [7, 11) is -6.37. The zero-order valence-electron chi connectivity index (χ0n) is 30.5. The molecule has 5 atom stereocenters. The summed E-state index contributed by atoms with van der Waals surface area (Å²) in [6.07, 6.45) is -0.374. The Kier molecular flexibility index (Phi) is 12.6. The van der Waals surface area contributed by atoms with Gasteiger partial charge in [-0.25, -0.2) is 13.2 Å². The maximum atomic E-state index is 13.9. The number of aliphatic hydroxyl groups is 1. The first kappa shape index (κ1) is 39.3. The van der Waals surface area contributed by atoms with Crippen LogP contribution in [0.2, 0.25) is 18.1 Å². The number of hydrogen-bond donors (Lipinski definition) is 3. The molecule has 13 nitrogen and oxygen atoms in total. The van der Waals surface area contributed by atoms with Crippen molar-refractivity contribution in [2.45, 2.75) is 101 Å². The summed E-state index contributed by atoms with van der Waals surface area (Å²) in [6, 6.07) is 10.9. The van der Waals surface area contributed by atoms with Crippen LogP contribution in [0.4, 0.5) is 4.79 Å². The van der Waals surface area contributed by atoms with Gasteiger partial charge >= 0.3 is 6.09 Å². The molecule has 3 heterocycles. The molecular weight excluding hydrogens is 697 g/mol. The Morgan fingerprint density at radius 3 is 2.51 bits per heavy atom. The first-order valence-electron chi connectivity index (χ1n) is 17.8. The van der Waals surface area contributed by atoms with Crippen molar-refractivity contribution >= 4 is 24.4 Å². The molecule has 3 N–H and O–H groups in total. The van der Waals surface area contributed by atoms with Crippen LogP contribution in [0.15, 0.2) is 47.4 Å². The average Bonchev–Trinajstić information content (AvgIpc) is 3.81. The fourth-order valence-corrected chi connectivity index (χ4v) is 8.77. The number of sulfonamides is 1. The van der Waals surface area contributed by atoms with Gasteiger partial charge in [-0.1, -0.05) is 39.8 Å². The summed E-state index contributed by atoms with van der Waals surface area (Å²) in [5, 5.41) is 14.4. The lowest BCUT2D eigenvalue weighted by molar-refractivity contribution is -0.0907. The number of nitrogens with one attached hydrogen (secondary N) is 1. The molecule has 0 aromatic heterocycles. The quantitative estimate of drug-likeness (QED) is 0.152. The van der Waals surface area contributed by atoms with Gasteiger partial charge in [0.05, 0.1) is 42.8 Å². The van der Waals surface area contributed by atoms with Gasteiger partial charge in [0.15, 0.2) is 26.1 Å². The predicted octanol–water partition coefficient (Wildman–Crippen LogP) is 4.66. The van der Waals surface area contributed by atoms with E-state index in [9.17, 15) is 23.1 Å². The zero-order chi connectivity index (χ0) is 37.0. The molecule has 0 radical (unpaired) electrons. The number of ether oxygens (including phenoxy) is 6. The minimum absolute atomic E-state index is 0.00789. The molecule has 5 rings (SSSR count). The number of nitrogens with zero attached hydrogens (tertiary/aromatic N) is 1. The number of amides is 1. The number of aliphatic hydroxyl groups excluding tert-OH is 1. The first-order chi connectivity index (χ1) is 24.0.